The van der Waals surface area contributed by atoms with Crippen LogP contribution >= 0.6 is 0 Å². The van der Waals surface area contributed by atoms with Crippen LogP contribution in [0.15, 0.2) is 41.2 Å². The summed E-state index contributed by atoms with van der Waals surface area (Å²) in [5.41, 5.74) is 2.20. The summed E-state index contributed by atoms with van der Waals surface area (Å²) in [4.78, 5) is 12.3. The molecule has 24 heavy (non-hydrogen) atoms. The maximum atomic E-state index is 12.3. The number of rotatable bonds is 10. The number of nitrogens with zero attached hydrogens (tertiary/aromatic N) is 1. The van der Waals surface area contributed by atoms with Gasteiger partial charge in [0.1, 0.15) is 0 Å². The Kier molecular flexibility index (Phi) is 7.81. The third kappa shape index (κ3) is 5.09. The maximum absolute atomic E-state index is 12.3. The van der Waals surface area contributed by atoms with Crippen molar-refractivity contribution < 1.29 is 0 Å². The number of aromatic nitrogens is 1. The summed E-state index contributed by atoms with van der Waals surface area (Å²) >= 11 is 0. The van der Waals surface area contributed by atoms with Crippen molar-refractivity contribution in [1.29, 1.82) is 0 Å². The Morgan fingerprint density at radius 2 is 1.71 bits per heavy atom. The molecule has 0 radical (unpaired) electrons. The minimum atomic E-state index is 0.122. The lowest BCUT2D eigenvalue weighted by Gasteiger charge is -2.14. The van der Waals surface area contributed by atoms with Gasteiger partial charge in [0.2, 0.25) is 0 Å². The van der Waals surface area contributed by atoms with Crippen LogP contribution in [0, 0.1) is 0 Å². The number of fused-ring (bicyclic) bond motifs is 1. The average Bonchev–Trinajstić information content (AvgIpc) is 2.60. The van der Waals surface area contributed by atoms with Gasteiger partial charge in [-0.15, -0.1) is 0 Å². The number of unbranched alkanes of at least 4 members (excludes halogenated alkanes) is 6. The van der Waals surface area contributed by atoms with E-state index in [2.05, 4.69) is 36.6 Å². The van der Waals surface area contributed by atoms with Gasteiger partial charge in [0.25, 0.3) is 0 Å². The van der Waals surface area contributed by atoms with Gasteiger partial charge in [0, 0.05) is 23.7 Å². The Balaban J connectivity index is 2.06. The summed E-state index contributed by atoms with van der Waals surface area (Å²) in [5, 5.41) is 0.819. The van der Waals surface area contributed by atoms with Crippen molar-refractivity contribution in [2.75, 3.05) is 0 Å². The fourth-order valence-electron chi connectivity index (χ4n) is 3.20. The molecule has 0 spiro atoms. The molecule has 130 valence electrons. The molecule has 1 heterocycles. The van der Waals surface area contributed by atoms with Gasteiger partial charge in [-0.1, -0.05) is 64.2 Å². The van der Waals surface area contributed by atoms with Gasteiger partial charge in [-0.3, -0.25) is 4.79 Å². The Labute approximate surface area is 146 Å². The van der Waals surface area contributed by atoms with E-state index in [0.29, 0.717) is 0 Å². The van der Waals surface area contributed by atoms with E-state index in [1.165, 1.54) is 38.5 Å². The normalized spacial score (nSPS) is 11.6. The summed E-state index contributed by atoms with van der Waals surface area (Å²) in [5.74, 6) is 0. The first-order chi connectivity index (χ1) is 11.8. The Hall–Kier alpha value is -1.83. The molecule has 0 aliphatic heterocycles. The topological polar surface area (TPSA) is 22.0 Å². The highest BCUT2D eigenvalue weighted by Gasteiger charge is 2.06. The Bertz CT molecular complexity index is 711. The van der Waals surface area contributed by atoms with Crippen LogP contribution in [0.5, 0.6) is 0 Å². The molecule has 0 amide bonds. The van der Waals surface area contributed by atoms with Gasteiger partial charge < -0.3 is 4.57 Å². The third-order valence-electron chi connectivity index (χ3n) is 4.51. The number of hydrogen-bond acceptors (Lipinski definition) is 1. The van der Waals surface area contributed by atoms with E-state index in [4.69, 9.17) is 0 Å². The number of pyridine rings is 1. The first-order valence-electron chi connectivity index (χ1n) is 9.57. The first-order valence-corrected chi connectivity index (χ1v) is 9.57. The zero-order chi connectivity index (χ0) is 17.2. The number of para-hydroxylation sites is 1. The van der Waals surface area contributed by atoms with Gasteiger partial charge in [0.05, 0.1) is 5.52 Å². The van der Waals surface area contributed by atoms with Gasteiger partial charge in [-0.2, -0.15) is 0 Å². The van der Waals surface area contributed by atoms with Crippen LogP contribution in [0.25, 0.3) is 17.0 Å². The van der Waals surface area contributed by atoms with Crippen LogP contribution in [-0.2, 0) is 6.54 Å². The molecule has 2 aromatic rings. The van der Waals surface area contributed by atoms with E-state index in [9.17, 15) is 4.79 Å². The molecule has 0 aliphatic rings. The number of allylic oxidation sites excluding steroid dienone is 1. The molecule has 2 nitrogen and oxygen atoms in total. The van der Waals surface area contributed by atoms with Gasteiger partial charge >= 0.3 is 0 Å². The van der Waals surface area contributed by atoms with E-state index in [1.807, 2.05) is 18.2 Å². The highest BCUT2D eigenvalue weighted by molar-refractivity contribution is 5.80. The quantitative estimate of drug-likeness (QED) is 0.478. The predicted octanol–water partition coefficient (Wildman–Crippen LogP) is 6.18. The number of hydrogen-bond donors (Lipinski definition) is 0. The predicted molar refractivity (Wildman–Crippen MR) is 106 cm³/mol. The van der Waals surface area contributed by atoms with Crippen molar-refractivity contribution in [2.24, 2.45) is 0 Å². The monoisotopic (exact) mass is 325 g/mol. The van der Waals surface area contributed by atoms with Crippen LogP contribution in [0.1, 0.15) is 70.9 Å². The minimum Gasteiger partial charge on any atom is -0.341 e. The second-order valence-electron chi connectivity index (χ2n) is 6.56. The smallest absolute Gasteiger partial charge is 0.190 e. The van der Waals surface area contributed by atoms with Crippen LogP contribution in [0.4, 0.5) is 0 Å². The second kappa shape index (κ2) is 10.1. The van der Waals surface area contributed by atoms with Crippen LogP contribution in [0.2, 0.25) is 0 Å². The molecule has 0 bridgehead atoms. The highest BCUT2D eigenvalue weighted by Crippen LogP contribution is 2.15. The van der Waals surface area contributed by atoms with Crippen LogP contribution in [0.3, 0.4) is 0 Å². The van der Waals surface area contributed by atoms with Crippen molar-refractivity contribution in [2.45, 2.75) is 71.8 Å². The van der Waals surface area contributed by atoms with Gasteiger partial charge in [0.15, 0.2) is 5.43 Å². The fourth-order valence-corrected chi connectivity index (χ4v) is 3.20. The molecule has 1 aromatic carbocycles. The molecule has 0 atom stereocenters. The molecular weight excluding hydrogens is 294 g/mol. The number of benzene rings is 1. The second-order valence-corrected chi connectivity index (χ2v) is 6.56. The summed E-state index contributed by atoms with van der Waals surface area (Å²) < 4.78 is 2.27. The van der Waals surface area contributed by atoms with E-state index in [1.54, 1.807) is 6.07 Å². The molecule has 2 rings (SSSR count). The molecule has 0 saturated carbocycles. The molecule has 0 fully saturated rings. The molecule has 0 saturated heterocycles. The largest absolute Gasteiger partial charge is 0.341 e. The minimum absolute atomic E-state index is 0.122. The van der Waals surface area contributed by atoms with Crippen molar-refractivity contribution in [1.82, 2.24) is 4.57 Å². The Morgan fingerprint density at radius 3 is 2.50 bits per heavy atom. The summed E-state index contributed by atoms with van der Waals surface area (Å²) in [7, 11) is 0. The van der Waals surface area contributed by atoms with E-state index >= 15 is 0 Å². The average molecular weight is 325 g/mol. The van der Waals surface area contributed by atoms with Crippen molar-refractivity contribution >= 4 is 17.0 Å². The first kappa shape index (κ1) is 18.5. The lowest BCUT2D eigenvalue weighted by atomic mass is 10.1. The fraction of sp³-hybridized carbons (Fsp3) is 0.500. The van der Waals surface area contributed by atoms with Crippen LogP contribution < -0.4 is 5.43 Å². The Morgan fingerprint density at radius 1 is 0.958 bits per heavy atom. The molecule has 0 unspecified atom stereocenters. The van der Waals surface area contributed by atoms with Crippen molar-refractivity contribution in [3.63, 3.8) is 0 Å². The van der Waals surface area contributed by atoms with Gasteiger partial charge in [-0.05, 0) is 37.5 Å². The van der Waals surface area contributed by atoms with Gasteiger partial charge in [-0.25, -0.2) is 0 Å². The van der Waals surface area contributed by atoms with Crippen LogP contribution in [-0.4, -0.2) is 4.57 Å². The standard InChI is InChI=1S/C22H31NO/c1-3-5-6-7-8-9-10-11-14-19-18-22(24)20-15-12-13-16-21(20)23(19)17-4-2/h11-16,18H,3-10,17H2,1-2H3/b14-11+. The SMILES string of the molecule is CCCCCCCC/C=C/c1cc(=O)c2ccccc2n1CCC. The maximum Gasteiger partial charge on any atom is 0.190 e. The summed E-state index contributed by atoms with van der Waals surface area (Å²) in [6, 6.07) is 9.71. The number of aryl methyl sites for hydroxylation is 1. The molecule has 1 aromatic heterocycles. The zero-order valence-electron chi connectivity index (χ0n) is 15.3. The summed E-state index contributed by atoms with van der Waals surface area (Å²) in [6.45, 7) is 5.37. The zero-order valence-corrected chi connectivity index (χ0v) is 15.3. The molecular formula is C22H31NO. The van der Waals surface area contributed by atoms with E-state index in [0.717, 1.165) is 36.0 Å². The third-order valence-corrected chi connectivity index (χ3v) is 4.51. The highest BCUT2D eigenvalue weighted by atomic mass is 16.1. The molecule has 0 aliphatic carbocycles. The summed E-state index contributed by atoms with van der Waals surface area (Å²) in [6.07, 6.45) is 14.4. The van der Waals surface area contributed by atoms with Crippen molar-refractivity contribution in [3.8, 4) is 0 Å². The molecule has 2 heteroatoms. The lowest BCUT2D eigenvalue weighted by Crippen LogP contribution is -2.12. The lowest BCUT2D eigenvalue weighted by molar-refractivity contribution is 0.611. The van der Waals surface area contributed by atoms with Crippen molar-refractivity contribution in [3.05, 3.63) is 52.3 Å². The van der Waals surface area contributed by atoms with E-state index in [-0.39, 0.29) is 5.43 Å². The van der Waals surface area contributed by atoms with E-state index < -0.39 is 0 Å². The molecule has 0 N–H and O–H groups in total.